The maximum Gasteiger partial charge on any atom is 0.125 e. The monoisotopic (exact) mass is 293 g/mol. The zero-order valence-electron chi connectivity index (χ0n) is 13.1. The predicted octanol–water partition coefficient (Wildman–Crippen LogP) is 1.83. The molecule has 1 fully saturated rings. The minimum Gasteiger partial charge on any atom is -0.389 e. The molecule has 2 N–H and O–H groups in total. The van der Waals surface area contributed by atoms with E-state index in [9.17, 15) is 5.11 Å². The van der Waals surface area contributed by atoms with Crippen LogP contribution in [0.1, 0.15) is 44.1 Å². The van der Waals surface area contributed by atoms with Gasteiger partial charge in [0, 0.05) is 19.3 Å². The van der Waals surface area contributed by atoms with E-state index < -0.39 is 6.10 Å². The topological polar surface area (TPSA) is 67.3 Å². The molecule has 1 heterocycles. The Bertz CT molecular complexity index is 428. The summed E-state index contributed by atoms with van der Waals surface area (Å²) >= 11 is 0. The lowest BCUT2D eigenvalue weighted by Gasteiger charge is -2.27. The number of aromatic nitrogens is 2. The average Bonchev–Trinajstić information content (AvgIpc) is 2.45. The number of aliphatic hydroxyl groups is 1. The third kappa shape index (κ3) is 6.08. The van der Waals surface area contributed by atoms with Gasteiger partial charge < -0.3 is 15.2 Å². The summed E-state index contributed by atoms with van der Waals surface area (Å²) in [5, 5.41) is 13.2. The molecule has 1 aliphatic carbocycles. The number of aryl methyl sites for hydroxylation is 1. The van der Waals surface area contributed by atoms with Crippen molar-refractivity contribution in [2.45, 2.75) is 58.3 Å². The lowest BCUT2D eigenvalue weighted by atomic mass is 9.89. The molecule has 0 radical (unpaired) electrons. The van der Waals surface area contributed by atoms with Gasteiger partial charge in [-0.15, -0.1) is 0 Å². The first kappa shape index (κ1) is 16.3. The smallest absolute Gasteiger partial charge is 0.125 e. The summed E-state index contributed by atoms with van der Waals surface area (Å²) < 4.78 is 5.82. The Hall–Kier alpha value is -1.04. The fourth-order valence-corrected chi connectivity index (χ4v) is 2.81. The van der Waals surface area contributed by atoms with Crippen molar-refractivity contribution < 1.29 is 9.84 Å². The zero-order valence-corrected chi connectivity index (χ0v) is 13.1. The van der Waals surface area contributed by atoms with Gasteiger partial charge in [0.25, 0.3) is 0 Å². The molecule has 0 aliphatic heterocycles. The summed E-state index contributed by atoms with van der Waals surface area (Å²) in [6.45, 7) is 5.72. The second kappa shape index (κ2) is 8.41. The molecule has 0 spiro atoms. The van der Waals surface area contributed by atoms with E-state index >= 15 is 0 Å². The van der Waals surface area contributed by atoms with Crippen molar-refractivity contribution in [2.24, 2.45) is 5.92 Å². The predicted molar refractivity (Wildman–Crippen MR) is 81.9 cm³/mol. The van der Waals surface area contributed by atoms with Crippen LogP contribution in [0, 0.1) is 12.8 Å². The van der Waals surface area contributed by atoms with Crippen molar-refractivity contribution in [1.82, 2.24) is 15.3 Å². The second-order valence-corrected chi connectivity index (χ2v) is 6.11. The molecule has 118 valence electrons. The minimum absolute atomic E-state index is 0.327. The Balaban J connectivity index is 1.60. The van der Waals surface area contributed by atoms with Crippen LogP contribution in [0.5, 0.6) is 0 Å². The molecule has 1 aromatic heterocycles. The number of hydrogen-bond acceptors (Lipinski definition) is 5. The van der Waals surface area contributed by atoms with E-state index in [0.29, 0.717) is 25.8 Å². The molecular formula is C16H27N3O2. The van der Waals surface area contributed by atoms with Gasteiger partial charge >= 0.3 is 0 Å². The van der Waals surface area contributed by atoms with E-state index in [1.54, 1.807) is 6.20 Å². The molecule has 0 saturated heterocycles. The van der Waals surface area contributed by atoms with Crippen LogP contribution in [0.2, 0.25) is 0 Å². The van der Waals surface area contributed by atoms with Gasteiger partial charge in [0.1, 0.15) is 5.82 Å². The van der Waals surface area contributed by atoms with Gasteiger partial charge in [-0.05, 0) is 31.7 Å². The molecule has 3 atom stereocenters. The normalized spacial score (nSPS) is 24.0. The number of hydrogen-bond donors (Lipinski definition) is 2. The van der Waals surface area contributed by atoms with Crippen LogP contribution >= 0.6 is 0 Å². The van der Waals surface area contributed by atoms with Crippen LogP contribution in [-0.2, 0) is 11.3 Å². The highest BCUT2D eigenvalue weighted by Gasteiger charge is 2.20. The third-order valence-electron chi connectivity index (χ3n) is 3.93. The molecule has 0 amide bonds. The summed E-state index contributed by atoms with van der Waals surface area (Å²) in [5.74, 6) is 1.52. The highest BCUT2D eigenvalue weighted by molar-refractivity contribution is 5.00. The maximum atomic E-state index is 9.96. The van der Waals surface area contributed by atoms with Crippen molar-refractivity contribution in [2.75, 3.05) is 13.2 Å². The van der Waals surface area contributed by atoms with Gasteiger partial charge in [0.2, 0.25) is 0 Å². The molecule has 21 heavy (non-hydrogen) atoms. The number of nitrogens with zero attached hydrogens (tertiary/aromatic N) is 2. The quantitative estimate of drug-likeness (QED) is 0.803. The fourth-order valence-electron chi connectivity index (χ4n) is 2.81. The number of rotatable bonds is 7. The summed E-state index contributed by atoms with van der Waals surface area (Å²) in [6.07, 6.45) is 6.42. The van der Waals surface area contributed by atoms with Gasteiger partial charge in [0.05, 0.1) is 24.5 Å². The van der Waals surface area contributed by atoms with Gasteiger partial charge in [0.15, 0.2) is 0 Å². The van der Waals surface area contributed by atoms with Crippen molar-refractivity contribution in [3.63, 3.8) is 0 Å². The summed E-state index contributed by atoms with van der Waals surface area (Å²) in [5.41, 5.74) is 0.941. The molecule has 0 aromatic carbocycles. The van der Waals surface area contributed by atoms with Crippen LogP contribution in [0.4, 0.5) is 0 Å². The number of aliphatic hydroxyl groups excluding tert-OH is 1. The fraction of sp³-hybridized carbons (Fsp3) is 0.750. The highest BCUT2D eigenvalue weighted by Crippen LogP contribution is 2.25. The van der Waals surface area contributed by atoms with Crippen LogP contribution in [-0.4, -0.2) is 40.4 Å². The van der Waals surface area contributed by atoms with Crippen molar-refractivity contribution >= 4 is 0 Å². The maximum absolute atomic E-state index is 9.96. The first-order valence-corrected chi connectivity index (χ1v) is 7.92. The largest absolute Gasteiger partial charge is 0.389 e. The molecule has 3 unspecified atom stereocenters. The van der Waals surface area contributed by atoms with E-state index in [4.69, 9.17) is 4.74 Å². The summed E-state index contributed by atoms with van der Waals surface area (Å²) in [4.78, 5) is 8.37. The first-order chi connectivity index (χ1) is 10.1. The molecule has 2 rings (SSSR count). The molecule has 0 bridgehead atoms. The van der Waals surface area contributed by atoms with E-state index in [1.165, 1.54) is 12.8 Å². The highest BCUT2D eigenvalue weighted by atomic mass is 16.5. The van der Waals surface area contributed by atoms with Gasteiger partial charge in [-0.25, -0.2) is 9.97 Å². The summed E-state index contributed by atoms with van der Waals surface area (Å²) in [7, 11) is 0. The Morgan fingerprint density at radius 1 is 1.48 bits per heavy atom. The van der Waals surface area contributed by atoms with Crippen molar-refractivity contribution in [1.29, 1.82) is 0 Å². The van der Waals surface area contributed by atoms with Gasteiger partial charge in [-0.2, -0.15) is 0 Å². The van der Waals surface area contributed by atoms with Crippen molar-refractivity contribution in [3.8, 4) is 0 Å². The Kier molecular flexibility index (Phi) is 6.54. The minimum atomic E-state index is -0.467. The number of ether oxygens (including phenoxy) is 1. The summed E-state index contributed by atoms with van der Waals surface area (Å²) in [6, 6.07) is 1.88. The molecule has 1 aromatic rings. The van der Waals surface area contributed by atoms with Gasteiger partial charge in [-0.1, -0.05) is 19.8 Å². The molecular weight excluding hydrogens is 266 g/mol. The second-order valence-electron chi connectivity index (χ2n) is 6.11. The van der Waals surface area contributed by atoms with E-state index in [1.807, 2.05) is 13.0 Å². The SMILES string of the molecule is Cc1nccc(CNCC(O)COC2CCCC(C)C2)n1. The van der Waals surface area contributed by atoms with Crippen molar-refractivity contribution in [3.05, 3.63) is 23.8 Å². The Morgan fingerprint density at radius 2 is 2.33 bits per heavy atom. The Labute approximate surface area is 127 Å². The third-order valence-corrected chi connectivity index (χ3v) is 3.93. The van der Waals surface area contributed by atoms with Gasteiger partial charge in [-0.3, -0.25) is 0 Å². The zero-order chi connectivity index (χ0) is 15.1. The van der Waals surface area contributed by atoms with Crippen LogP contribution in [0.15, 0.2) is 12.3 Å². The van der Waals surface area contributed by atoms with Crippen LogP contribution in [0.25, 0.3) is 0 Å². The molecule has 1 aliphatic rings. The van der Waals surface area contributed by atoms with Crippen LogP contribution in [0.3, 0.4) is 0 Å². The number of nitrogens with one attached hydrogen (secondary N) is 1. The lowest BCUT2D eigenvalue weighted by molar-refractivity contribution is -0.0306. The van der Waals surface area contributed by atoms with E-state index in [2.05, 4.69) is 22.2 Å². The first-order valence-electron chi connectivity index (χ1n) is 7.92. The molecule has 5 nitrogen and oxygen atoms in total. The molecule has 5 heteroatoms. The molecule has 1 saturated carbocycles. The standard InChI is InChI=1S/C16H27N3O2/c1-12-4-3-5-16(8-12)21-11-15(20)10-17-9-14-6-7-18-13(2)19-14/h6-7,12,15-17,20H,3-5,8-11H2,1-2H3. The van der Waals surface area contributed by atoms with Crippen LogP contribution < -0.4 is 5.32 Å². The Morgan fingerprint density at radius 3 is 3.10 bits per heavy atom. The van der Waals surface area contributed by atoms with E-state index in [-0.39, 0.29) is 0 Å². The average molecular weight is 293 g/mol. The lowest BCUT2D eigenvalue weighted by Crippen LogP contribution is -2.33. The van der Waals surface area contributed by atoms with E-state index in [0.717, 1.165) is 30.3 Å².